The summed E-state index contributed by atoms with van der Waals surface area (Å²) >= 11 is 1.75. The molecule has 40 heavy (non-hydrogen) atoms. The highest BCUT2D eigenvalue weighted by molar-refractivity contribution is 7.09. The average Bonchev–Trinajstić information content (AvgIpc) is 3.74. The van der Waals surface area contributed by atoms with Gasteiger partial charge in [0.2, 0.25) is 5.91 Å². The Morgan fingerprint density at radius 3 is 2.62 bits per heavy atom. The minimum Gasteiger partial charge on any atom is -0.373 e. The third kappa shape index (κ3) is 6.36. The van der Waals surface area contributed by atoms with Crippen molar-refractivity contribution in [2.75, 3.05) is 6.61 Å². The van der Waals surface area contributed by atoms with Gasteiger partial charge in [0.1, 0.15) is 5.82 Å². The molecule has 6 nitrogen and oxygen atoms in total. The number of ether oxygens (including phenoxy) is 1. The molecule has 216 valence electrons. The summed E-state index contributed by atoms with van der Waals surface area (Å²) in [4.78, 5) is 33.3. The first-order valence-electron chi connectivity index (χ1n) is 15.3. The zero-order valence-corrected chi connectivity index (χ0v) is 25.4. The van der Waals surface area contributed by atoms with Crippen LogP contribution in [-0.2, 0) is 16.0 Å². The molecule has 3 aromatic rings. The van der Waals surface area contributed by atoms with Gasteiger partial charge in [-0.15, -0.1) is 11.3 Å². The van der Waals surface area contributed by atoms with Gasteiger partial charge >= 0.3 is 0 Å². The first-order valence-corrected chi connectivity index (χ1v) is 16.2. The lowest BCUT2D eigenvalue weighted by atomic mass is 9.89. The van der Waals surface area contributed by atoms with Crippen molar-refractivity contribution in [3.63, 3.8) is 0 Å². The Bertz CT molecular complexity index is 1300. The molecule has 1 saturated heterocycles. The minimum absolute atomic E-state index is 0.00882. The van der Waals surface area contributed by atoms with Crippen LogP contribution in [-0.4, -0.2) is 39.5 Å². The van der Waals surface area contributed by atoms with Crippen molar-refractivity contribution in [3.05, 3.63) is 52.0 Å². The van der Waals surface area contributed by atoms with E-state index in [-0.39, 0.29) is 35.7 Å². The summed E-state index contributed by atoms with van der Waals surface area (Å²) in [5, 5.41) is 5.35. The Labute approximate surface area is 242 Å². The number of fused-ring (bicyclic) bond motifs is 1. The van der Waals surface area contributed by atoms with Crippen LogP contribution in [0.1, 0.15) is 113 Å². The summed E-state index contributed by atoms with van der Waals surface area (Å²) in [6, 6.07) is 10.6. The average molecular weight is 564 g/mol. The predicted molar refractivity (Wildman–Crippen MR) is 162 cm³/mol. The van der Waals surface area contributed by atoms with Gasteiger partial charge in [0.05, 0.1) is 29.3 Å². The van der Waals surface area contributed by atoms with Crippen LogP contribution in [0.4, 0.5) is 0 Å². The van der Waals surface area contributed by atoms with E-state index in [1.165, 1.54) is 17.7 Å². The SMILES string of the molecule is CCC(CC)n1c(Cc2cccs2)nc2cc(C(=O)C[C@@H](CC(C)C)C(=O)NC3COC4(CCCC4)C3)ccc21. The molecule has 5 rings (SSSR count). The Hall–Kier alpha value is -2.51. The van der Waals surface area contributed by atoms with Gasteiger partial charge in [0, 0.05) is 35.2 Å². The molecular formula is C33H45N3O3S. The number of thiophene rings is 1. The molecule has 1 saturated carbocycles. The van der Waals surface area contributed by atoms with E-state index in [1.807, 2.05) is 12.1 Å². The van der Waals surface area contributed by atoms with Crippen molar-refractivity contribution in [3.8, 4) is 0 Å². The molecule has 2 aliphatic rings. The zero-order chi connectivity index (χ0) is 28.3. The number of carbonyl (C=O) groups is 2. The van der Waals surface area contributed by atoms with E-state index in [9.17, 15) is 9.59 Å². The molecule has 1 aliphatic heterocycles. The number of hydrogen-bond acceptors (Lipinski definition) is 5. The number of ketones is 1. The van der Waals surface area contributed by atoms with Gasteiger partial charge in [-0.1, -0.05) is 46.6 Å². The van der Waals surface area contributed by atoms with Crippen molar-refractivity contribution in [2.45, 2.75) is 110 Å². The van der Waals surface area contributed by atoms with Crippen LogP contribution >= 0.6 is 11.3 Å². The third-order valence-corrected chi connectivity index (χ3v) is 9.81. The molecule has 7 heteroatoms. The number of nitrogens with zero attached hydrogens (tertiary/aromatic N) is 2. The van der Waals surface area contributed by atoms with Crippen LogP contribution in [0.25, 0.3) is 11.0 Å². The molecule has 1 N–H and O–H groups in total. The highest BCUT2D eigenvalue weighted by Gasteiger charge is 2.43. The second-order valence-electron chi connectivity index (χ2n) is 12.4. The quantitative estimate of drug-likeness (QED) is 0.232. The molecule has 1 spiro atoms. The lowest BCUT2D eigenvalue weighted by molar-refractivity contribution is -0.126. The second kappa shape index (κ2) is 12.6. The maximum atomic E-state index is 13.6. The number of carbonyl (C=O) groups excluding carboxylic acids is 2. The topological polar surface area (TPSA) is 73.2 Å². The summed E-state index contributed by atoms with van der Waals surface area (Å²) < 4.78 is 8.53. The molecule has 1 amide bonds. The minimum atomic E-state index is -0.347. The van der Waals surface area contributed by atoms with Gasteiger partial charge in [0.25, 0.3) is 0 Å². The summed E-state index contributed by atoms with van der Waals surface area (Å²) in [5.74, 6) is 1.02. The Morgan fingerprint density at radius 2 is 1.95 bits per heavy atom. The summed E-state index contributed by atoms with van der Waals surface area (Å²) in [6.07, 6.45) is 9.24. The Kier molecular flexibility index (Phi) is 9.11. The van der Waals surface area contributed by atoms with Gasteiger partial charge in [-0.25, -0.2) is 4.98 Å². The molecule has 3 heterocycles. The number of amides is 1. The van der Waals surface area contributed by atoms with Gasteiger partial charge in [-0.05, 0) is 74.1 Å². The van der Waals surface area contributed by atoms with Gasteiger partial charge < -0.3 is 14.6 Å². The lowest BCUT2D eigenvalue weighted by Gasteiger charge is -2.23. The monoisotopic (exact) mass is 563 g/mol. The molecule has 1 aromatic carbocycles. The maximum Gasteiger partial charge on any atom is 0.223 e. The normalized spacial score (nSPS) is 19.3. The van der Waals surface area contributed by atoms with Crippen LogP contribution in [0.2, 0.25) is 0 Å². The Balaban J connectivity index is 1.33. The number of benzene rings is 1. The predicted octanol–water partition coefficient (Wildman–Crippen LogP) is 7.50. The molecule has 1 aliphatic carbocycles. The fourth-order valence-electron chi connectivity index (χ4n) is 6.89. The molecule has 2 fully saturated rings. The van der Waals surface area contributed by atoms with E-state index < -0.39 is 0 Å². The largest absolute Gasteiger partial charge is 0.373 e. The third-order valence-electron chi connectivity index (χ3n) is 8.93. The highest BCUT2D eigenvalue weighted by Crippen LogP contribution is 2.41. The van der Waals surface area contributed by atoms with E-state index in [0.717, 1.165) is 55.4 Å². The van der Waals surface area contributed by atoms with Crippen LogP contribution < -0.4 is 5.32 Å². The smallest absolute Gasteiger partial charge is 0.223 e. The van der Waals surface area contributed by atoms with Crippen molar-refractivity contribution in [1.82, 2.24) is 14.9 Å². The van der Waals surface area contributed by atoms with Crippen molar-refractivity contribution in [1.29, 1.82) is 0 Å². The number of nitrogens with one attached hydrogen (secondary N) is 1. The van der Waals surface area contributed by atoms with Crippen LogP contribution in [0, 0.1) is 11.8 Å². The molecule has 0 radical (unpaired) electrons. The standard InChI is InChI=1S/C33H45N3O3S/c1-5-26(6-2)36-29-12-11-23(17-28(29)35-31(36)19-27-10-9-15-40-27)30(37)18-24(16-22(3)4)32(38)34-25-20-33(39-21-25)13-7-8-14-33/h9-12,15,17,22,24-26H,5-8,13-14,16,18-21H2,1-4H3,(H,34,38)/t24-,25?/m1/s1. The number of Topliss-reactive ketones (excluding diaryl/α,β-unsaturated/α-hetero) is 1. The van der Waals surface area contributed by atoms with Gasteiger partial charge in [-0.2, -0.15) is 0 Å². The Morgan fingerprint density at radius 1 is 1.18 bits per heavy atom. The number of hydrogen-bond donors (Lipinski definition) is 1. The highest BCUT2D eigenvalue weighted by atomic mass is 32.1. The lowest BCUT2D eigenvalue weighted by Crippen LogP contribution is -2.41. The van der Waals surface area contributed by atoms with Crippen molar-refractivity contribution in [2.24, 2.45) is 11.8 Å². The fraction of sp³-hybridized carbons (Fsp3) is 0.606. The van der Waals surface area contributed by atoms with E-state index in [0.29, 0.717) is 30.6 Å². The van der Waals surface area contributed by atoms with Gasteiger partial charge in [-0.3, -0.25) is 9.59 Å². The number of rotatable bonds is 12. The van der Waals surface area contributed by atoms with Crippen LogP contribution in [0.15, 0.2) is 35.7 Å². The zero-order valence-electron chi connectivity index (χ0n) is 24.6. The van der Waals surface area contributed by atoms with E-state index >= 15 is 0 Å². The molecular weight excluding hydrogens is 518 g/mol. The molecule has 2 aromatic heterocycles. The molecule has 1 unspecified atom stereocenters. The van der Waals surface area contributed by atoms with Crippen molar-refractivity contribution < 1.29 is 14.3 Å². The van der Waals surface area contributed by atoms with Crippen LogP contribution in [0.5, 0.6) is 0 Å². The fourth-order valence-corrected chi connectivity index (χ4v) is 7.60. The van der Waals surface area contributed by atoms with Crippen LogP contribution in [0.3, 0.4) is 0 Å². The first-order chi connectivity index (χ1) is 19.3. The summed E-state index contributed by atoms with van der Waals surface area (Å²) in [5.41, 5.74) is 2.55. The summed E-state index contributed by atoms with van der Waals surface area (Å²) in [7, 11) is 0. The molecule has 2 atom stereocenters. The molecule has 0 bridgehead atoms. The summed E-state index contributed by atoms with van der Waals surface area (Å²) in [6.45, 7) is 9.25. The van der Waals surface area contributed by atoms with E-state index in [2.05, 4.69) is 61.2 Å². The van der Waals surface area contributed by atoms with Gasteiger partial charge in [0.15, 0.2) is 5.78 Å². The first kappa shape index (κ1) is 29.0. The maximum absolute atomic E-state index is 13.6. The van der Waals surface area contributed by atoms with E-state index in [1.54, 1.807) is 11.3 Å². The van der Waals surface area contributed by atoms with E-state index in [4.69, 9.17) is 9.72 Å². The number of aromatic nitrogens is 2. The second-order valence-corrected chi connectivity index (χ2v) is 13.4. The number of imidazole rings is 1. The van der Waals surface area contributed by atoms with Crippen molar-refractivity contribution >= 4 is 34.1 Å².